The Labute approximate surface area is 140 Å². The molecule has 1 aliphatic heterocycles. The molecule has 0 saturated carbocycles. The van der Waals surface area contributed by atoms with Gasteiger partial charge in [0.2, 0.25) is 0 Å². The summed E-state index contributed by atoms with van der Waals surface area (Å²) in [6.45, 7) is 4.80. The molecule has 122 valence electrons. The van der Waals surface area contributed by atoms with Crippen LogP contribution in [-0.2, 0) is 17.8 Å². The zero-order valence-electron chi connectivity index (χ0n) is 13.2. The molecule has 3 heterocycles. The fraction of sp³-hybridized carbons (Fsp3) is 0.438. The standard InChI is InChI=1S/C16H21N5OS/c1-23-16-19-12-14(11-18-10-13-2-4-17-5-3-13)15(20-16)21-6-8-22-9-7-21/h2-5,12,18H,6-11H2,1H3. The normalized spacial score (nSPS) is 14.9. The summed E-state index contributed by atoms with van der Waals surface area (Å²) in [6, 6.07) is 4.03. The average Bonchev–Trinajstić information content (AvgIpc) is 2.63. The number of pyridine rings is 1. The fourth-order valence-corrected chi connectivity index (χ4v) is 2.83. The number of rotatable bonds is 6. The van der Waals surface area contributed by atoms with E-state index in [2.05, 4.69) is 20.2 Å². The second kappa shape index (κ2) is 8.24. The van der Waals surface area contributed by atoms with Crippen LogP contribution in [0.25, 0.3) is 0 Å². The number of nitrogens with zero attached hydrogens (tertiary/aromatic N) is 4. The van der Waals surface area contributed by atoms with Crippen molar-refractivity contribution in [1.29, 1.82) is 0 Å². The van der Waals surface area contributed by atoms with Gasteiger partial charge in [0.25, 0.3) is 0 Å². The van der Waals surface area contributed by atoms with Crippen molar-refractivity contribution in [2.24, 2.45) is 0 Å². The predicted octanol–water partition coefficient (Wildman–Crippen LogP) is 1.72. The molecule has 1 fully saturated rings. The molecule has 1 aliphatic rings. The quantitative estimate of drug-likeness (QED) is 0.639. The molecular formula is C16H21N5OS. The molecule has 1 N–H and O–H groups in total. The molecular weight excluding hydrogens is 310 g/mol. The average molecular weight is 331 g/mol. The monoisotopic (exact) mass is 331 g/mol. The van der Waals surface area contributed by atoms with Crippen LogP contribution in [0.2, 0.25) is 0 Å². The van der Waals surface area contributed by atoms with E-state index in [9.17, 15) is 0 Å². The number of aromatic nitrogens is 3. The zero-order chi connectivity index (χ0) is 15.9. The molecule has 1 saturated heterocycles. The number of hydrogen-bond donors (Lipinski definition) is 1. The molecule has 6 nitrogen and oxygen atoms in total. The Morgan fingerprint density at radius 1 is 1.22 bits per heavy atom. The Balaban J connectivity index is 1.69. The second-order valence-electron chi connectivity index (χ2n) is 5.26. The molecule has 2 aromatic heterocycles. The number of morpholine rings is 1. The van der Waals surface area contributed by atoms with E-state index < -0.39 is 0 Å². The maximum Gasteiger partial charge on any atom is 0.189 e. The van der Waals surface area contributed by atoms with Crippen LogP contribution >= 0.6 is 11.8 Å². The Morgan fingerprint density at radius 2 is 2.00 bits per heavy atom. The summed E-state index contributed by atoms with van der Waals surface area (Å²) in [6.07, 6.45) is 7.56. The number of thioether (sulfide) groups is 1. The summed E-state index contributed by atoms with van der Waals surface area (Å²) in [5, 5.41) is 4.27. The molecule has 0 aliphatic carbocycles. The van der Waals surface area contributed by atoms with E-state index in [0.717, 1.165) is 55.9 Å². The molecule has 23 heavy (non-hydrogen) atoms. The number of anilines is 1. The van der Waals surface area contributed by atoms with Gasteiger partial charge >= 0.3 is 0 Å². The summed E-state index contributed by atoms with van der Waals surface area (Å²) >= 11 is 1.57. The zero-order valence-corrected chi connectivity index (χ0v) is 14.1. The van der Waals surface area contributed by atoms with Crippen LogP contribution in [0.15, 0.2) is 35.9 Å². The Kier molecular flexibility index (Phi) is 5.79. The first-order valence-electron chi connectivity index (χ1n) is 7.69. The summed E-state index contributed by atoms with van der Waals surface area (Å²) < 4.78 is 5.44. The van der Waals surface area contributed by atoms with Gasteiger partial charge in [0, 0.05) is 50.3 Å². The highest BCUT2D eigenvalue weighted by Gasteiger charge is 2.17. The van der Waals surface area contributed by atoms with Crippen LogP contribution in [0.3, 0.4) is 0 Å². The smallest absolute Gasteiger partial charge is 0.189 e. The lowest BCUT2D eigenvalue weighted by atomic mass is 10.2. The first-order chi connectivity index (χ1) is 11.4. The highest BCUT2D eigenvalue weighted by Crippen LogP contribution is 2.21. The molecule has 7 heteroatoms. The number of nitrogens with one attached hydrogen (secondary N) is 1. The first-order valence-corrected chi connectivity index (χ1v) is 8.91. The third-order valence-electron chi connectivity index (χ3n) is 3.71. The molecule has 0 unspecified atom stereocenters. The third kappa shape index (κ3) is 4.40. The van der Waals surface area contributed by atoms with Crippen molar-refractivity contribution < 1.29 is 4.74 Å². The van der Waals surface area contributed by atoms with Gasteiger partial charge in [-0.05, 0) is 24.0 Å². The van der Waals surface area contributed by atoms with E-state index in [0.29, 0.717) is 0 Å². The second-order valence-corrected chi connectivity index (χ2v) is 6.04. The molecule has 0 aromatic carbocycles. The van der Waals surface area contributed by atoms with Crippen LogP contribution in [0, 0.1) is 0 Å². The molecule has 2 aromatic rings. The van der Waals surface area contributed by atoms with Crippen LogP contribution in [0.1, 0.15) is 11.1 Å². The van der Waals surface area contributed by atoms with Gasteiger partial charge < -0.3 is 15.0 Å². The minimum atomic E-state index is 0.740. The Morgan fingerprint density at radius 3 is 2.74 bits per heavy atom. The lowest BCUT2D eigenvalue weighted by molar-refractivity contribution is 0.122. The predicted molar refractivity (Wildman–Crippen MR) is 91.6 cm³/mol. The molecule has 3 rings (SSSR count). The van der Waals surface area contributed by atoms with E-state index in [-0.39, 0.29) is 0 Å². The van der Waals surface area contributed by atoms with Gasteiger partial charge in [-0.2, -0.15) is 0 Å². The van der Waals surface area contributed by atoms with Gasteiger partial charge in [0.05, 0.1) is 13.2 Å². The topological polar surface area (TPSA) is 63.2 Å². The first kappa shape index (κ1) is 16.2. The van der Waals surface area contributed by atoms with Crippen molar-refractivity contribution in [2.75, 3.05) is 37.5 Å². The van der Waals surface area contributed by atoms with E-state index in [1.54, 1.807) is 11.8 Å². The van der Waals surface area contributed by atoms with Crippen molar-refractivity contribution in [1.82, 2.24) is 20.3 Å². The summed E-state index contributed by atoms with van der Waals surface area (Å²) in [5.74, 6) is 1.02. The highest BCUT2D eigenvalue weighted by molar-refractivity contribution is 7.98. The third-order valence-corrected chi connectivity index (χ3v) is 4.27. The Bertz CT molecular complexity index is 619. The summed E-state index contributed by atoms with van der Waals surface area (Å²) in [7, 11) is 0. The van der Waals surface area contributed by atoms with Crippen molar-refractivity contribution in [2.45, 2.75) is 18.2 Å². The maximum atomic E-state index is 5.44. The summed E-state index contributed by atoms with van der Waals surface area (Å²) in [4.78, 5) is 15.5. The lowest BCUT2D eigenvalue weighted by Crippen LogP contribution is -2.37. The fourth-order valence-electron chi connectivity index (χ4n) is 2.50. The lowest BCUT2D eigenvalue weighted by Gasteiger charge is -2.29. The van der Waals surface area contributed by atoms with Crippen LogP contribution < -0.4 is 10.2 Å². The summed E-state index contributed by atoms with van der Waals surface area (Å²) in [5.41, 5.74) is 2.34. The van der Waals surface area contributed by atoms with Crippen LogP contribution in [0.5, 0.6) is 0 Å². The minimum absolute atomic E-state index is 0.740. The van der Waals surface area contributed by atoms with Gasteiger partial charge in [-0.25, -0.2) is 9.97 Å². The van der Waals surface area contributed by atoms with E-state index in [1.807, 2.05) is 37.0 Å². The van der Waals surface area contributed by atoms with Gasteiger partial charge in [0.1, 0.15) is 5.82 Å². The Hall–Kier alpha value is -1.70. The SMILES string of the molecule is CSc1ncc(CNCc2ccncc2)c(N2CCOCC2)n1. The molecule has 0 atom stereocenters. The minimum Gasteiger partial charge on any atom is -0.378 e. The van der Waals surface area contributed by atoms with Crippen LogP contribution in [-0.4, -0.2) is 47.5 Å². The number of hydrogen-bond acceptors (Lipinski definition) is 7. The van der Waals surface area contributed by atoms with Crippen molar-refractivity contribution in [3.63, 3.8) is 0 Å². The van der Waals surface area contributed by atoms with E-state index in [1.165, 1.54) is 5.56 Å². The molecule has 0 spiro atoms. The van der Waals surface area contributed by atoms with E-state index in [4.69, 9.17) is 9.72 Å². The van der Waals surface area contributed by atoms with E-state index >= 15 is 0 Å². The van der Waals surface area contributed by atoms with Gasteiger partial charge in [-0.1, -0.05) is 11.8 Å². The van der Waals surface area contributed by atoms with Crippen molar-refractivity contribution >= 4 is 17.6 Å². The van der Waals surface area contributed by atoms with Gasteiger partial charge in [0.15, 0.2) is 5.16 Å². The van der Waals surface area contributed by atoms with Crippen molar-refractivity contribution in [3.05, 3.63) is 41.9 Å². The number of ether oxygens (including phenoxy) is 1. The van der Waals surface area contributed by atoms with Crippen molar-refractivity contribution in [3.8, 4) is 0 Å². The molecule has 0 bridgehead atoms. The van der Waals surface area contributed by atoms with Gasteiger partial charge in [-0.15, -0.1) is 0 Å². The molecule has 0 amide bonds. The van der Waals surface area contributed by atoms with Crippen LogP contribution in [0.4, 0.5) is 5.82 Å². The highest BCUT2D eigenvalue weighted by atomic mass is 32.2. The molecule has 0 radical (unpaired) electrons. The largest absolute Gasteiger partial charge is 0.378 e. The van der Waals surface area contributed by atoms with Gasteiger partial charge in [-0.3, -0.25) is 4.98 Å². The maximum absolute atomic E-state index is 5.44.